The van der Waals surface area contributed by atoms with Crippen LogP contribution < -0.4 is 5.32 Å². The molecule has 20 heavy (non-hydrogen) atoms. The Morgan fingerprint density at radius 3 is 2.60 bits per heavy atom. The van der Waals surface area contributed by atoms with E-state index in [-0.39, 0.29) is 18.4 Å². The van der Waals surface area contributed by atoms with Gasteiger partial charge in [0.1, 0.15) is 0 Å². The van der Waals surface area contributed by atoms with E-state index in [1.807, 2.05) is 0 Å². The summed E-state index contributed by atoms with van der Waals surface area (Å²) in [5.74, 6) is 1.70. The SMILES string of the molecule is CCC(C)CN(CC)C(=O)C1CC2CCCCC2N1.Cl. The predicted octanol–water partition coefficient (Wildman–Crippen LogP) is 3.22. The lowest BCUT2D eigenvalue weighted by atomic mass is 9.85. The maximum Gasteiger partial charge on any atom is 0.239 e. The largest absolute Gasteiger partial charge is 0.341 e. The van der Waals surface area contributed by atoms with Gasteiger partial charge in [-0.15, -0.1) is 12.4 Å². The molecule has 1 amide bonds. The van der Waals surface area contributed by atoms with Crippen LogP contribution in [-0.4, -0.2) is 36.0 Å². The first-order valence-electron chi connectivity index (χ1n) is 8.20. The number of carbonyl (C=O) groups excluding carboxylic acids is 1. The minimum absolute atomic E-state index is 0. The third-order valence-electron chi connectivity index (χ3n) is 5.08. The topological polar surface area (TPSA) is 32.3 Å². The van der Waals surface area contributed by atoms with Crippen LogP contribution in [0.4, 0.5) is 0 Å². The van der Waals surface area contributed by atoms with Gasteiger partial charge in [0.25, 0.3) is 0 Å². The summed E-state index contributed by atoms with van der Waals surface area (Å²) in [4.78, 5) is 14.7. The average Bonchev–Trinajstić information content (AvgIpc) is 2.87. The monoisotopic (exact) mass is 302 g/mol. The fourth-order valence-corrected chi connectivity index (χ4v) is 3.61. The third kappa shape index (κ3) is 4.11. The number of hydrogen-bond donors (Lipinski definition) is 1. The highest BCUT2D eigenvalue weighted by Crippen LogP contribution is 2.33. The summed E-state index contributed by atoms with van der Waals surface area (Å²) in [5, 5.41) is 3.61. The molecule has 0 aromatic heterocycles. The highest BCUT2D eigenvalue weighted by atomic mass is 35.5. The van der Waals surface area contributed by atoms with Gasteiger partial charge in [-0.1, -0.05) is 33.1 Å². The Hall–Kier alpha value is -0.280. The van der Waals surface area contributed by atoms with Gasteiger partial charge >= 0.3 is 0 Å². The van der Waals surface area contributed by atoms with E-state index < -0.39 is 0 Å². The molecule has 1 aliphatic heterocycles. The maximum atomic E-state index is 12.6. The molecule has 4 heteroatoms. The summed E-state index contributed by atoms with van der Waals surface area (Å²) in [6.07, 6.45) is 7.49. The predicted molar refractivity (Wildman–Crippen MR) is 86.2 cm³/mol. The average molecular weight is 303 g/mol. The van der Waals surface area contributed by atoms with Gasteiger partial charge in [-0.05, 0) is 38.0 Å². The van der Waals surface area contributed by atoms with Crippen molar-refractivity contribution < 1.29 is 4.79 Å². The van der Waals surface area contributed by atoms with Crippen molar-refractivity contribution in [3.63, 3.8) is 0 Å². The minimum atomic E-state index is 0. The van der Waals surface area contributed by atoms with E-state index in [0.717, 1.165) is 31.8 Å². The number of fused-ring (bicyclic) bond motifs is 1. The number of hydrogen-bond acceptors (Lipinski definition) is 2. The second-order valence-electron chi connectivity index (χ2n) is 6.50. The summed E-state index contributed by atoms with van der Waals surface area (Å²) in [7, 11) is 0. The molecule has 3 nitrogen and oxygen atoms in total. The number of nitrogens with zero attached hydrogens (tertiary/aromatic N) is 1. The first-order chi connectivity index (χ1) is 9.15. The molecule has 4 unspecified atom stereocenters. The van der Waals surface area contributed by atoms with Crippen molar-refractivity contribution in [1.29, 1.82) is 0 Å². The lowest BCUT2D eigenvalue weighted by molar-refractivity contribution is -0.133. The zero-order chi connectivity index (χ0) is 13.8. The molecule has 0 spiro atoms. The van der Waals surface area contributed by atoms with Crippen molar-refractivity contribution in [2.24, 2.45) is 11.8 Å². The Morgan fingerprint density at radius 2 is 2.00 bits per heavy atom. The van der Waals surface area contributed by atoms with Gasteiger partial charge in [-0.25, -0.2) is 0 Å². The molecular formula is C16H31ClN2O. The molecule has 2 rings (SSSR count). The number of halogens is 1. The van der Waals surface area contributed by atoms with Crippen molar-refractivity contribution in [3.05, 3.63) is 0 Å². The van der Waals surface area contributed by atoms with Crippen LogP contribution in [0.2, 0.25) is 0 Å². The first kappa shape index (κ1) is 17.8. The zero-order valence-electron chi connectivity index (χ0n) is 13.2. The van der Waals surface area contributed by atoms with Gasteiger partial charge in [0, 0.05) is 19.1 Å². The van der Waals surface area contributed by atoms with Crippen molar-refractivity contribution in [2.45, 2.75) is 71.4 Å². The molecule has 2 aliphatic rings. The summed E-state index contributed by atoms with van der Waals surface area (Å²) in [6.45, 7) is 8.29. The highest BCUT2D eigenvalue weighted by molar-refractivity contribution is 5.85. The second-order valence-corrected chi connectivity index (χ2v) is 6.50. The normalized spacial score (nSPS) is 30.2. The van der Waals surface area contributed by atoms with Crippen molar-refractivity contribution >= 4 is 18.3 Å². The zero-order valence-corrected chi connectivity index (χ0v) is 14.0. The van der Waals surface area contributed by atoms with Gasteiger partial charge in [-0.2, -0.15) is 0 Å². The molecule has 1 saturated carbocycles. The fraction of sp³-hybridized carbons (Fsp3) is 0.938. The summed E-state index contributed by atoms with van der Waals surface area (Å²) >= 11 is 0. The van der Waals surface area contributed by atoms with E-state index >= 15 is 0 Å². The first-order valence-corrected chi connectivity index (χ1v) is 8.20. The maximum absolute atomic E-state index is 12.6. The number of rotatable bonds is 5. The van der Waals surface area contributed by atoms with E-state index in [1.54, 1.807) is 0 Å². The lowest BCUT2D eigenvalue weighted by Crippen LogP contribution is -2.46. The van der Waals surface area contributed by atoms with Gasteiger partial charge in [0.15, 0.2) is 0 Å². The van der Waals surface area contributed by atoms with Gasteiger partial charge in [-0.3, -0.25) is 4.79 Å². The van der Waals surface area contributed by atoms with E-state index in [4.69, 9.17) is 0 Å². The Morgan fingerprint density at radius 1 is 1.30 bits per heavy atom. The van der Waals surface area contributed by atoms with Gasteiger partial charge < -0.3 is 10.2 Å². The molecule has 0 radical (unpaired) electrons. The van der Waals surface area contributed by atoms with Crippen LogP contribution in [0.25, 0.3) is 0 Å². The van der Waals surface area contributed by atoms with Crippen LogP contribution >= 0.6 is 12.4 Å². The van der Waals surface area contributed by atoms with Crippen LogP contribution in [0, 0.1) is 11.8 Å². The summed E-state index contributed by atoms with van der Waals surface area (Å²) < 4.78 is 0. The molecule has 1 saturated heterocycles. The second kappa shape index (κ2) is 8.23. The van der Waals surface area contributed by atoms with Gasteiger partial charge in [0.2, 0.25) is 5.91 Å². The van der Waals surface area contributed by atoms with Crippen molar-refractivity contribution in [2.75, 3.05) is 13.1 Å². The summed E-state index contributed by atoms with van der Waals surface area (Å²) in [6, 6.07) is 0.710. The molecule has 1 heterocycles. The highest BCUT2D eigenvalue weighted by Gasteiger charge is 2.39. The lowest BCUT2D eigenvalue weighted by Gasteiger charge is -2.27. The van der Waals surface area contributed by atoms with E-state index in [2.05, 4.69) is 31.0 Å². The molecule has 4 atom stereocenters. The number of likely N-dealkylation sites (N-methyl/N-ethyl adjacent to an activating group) is 1. The number of amides is 1. The van der Waals surface area contributed by atoms with Crippen molar-refractivity contribution in [3.8, 4) is 0 Å². The quantitative estimate of drug-likeness (QED) is 0.845. The summed E-state index contributed by atoms with van der Waals surface area (Å²) in [5.41, 5.74) is 0. The molecule has 1 N–H and O–H groups in total. The Bertz CT molecular complexity index is 297. The molecule has 0 aromatic carbocycles. The number of carbonyl (C=O) groups is 1. The van der Waals surface area contributed by atoms with E-state index in [0.29, 0.717) is 17.9 Å². The van der Waals surface area contributed by atoms with Crippen LogP contribution in [0.3, 0.4) is 0 Å². The standard InChI is InChI=1S/C16H30N2O.ClH/c1-4-12(3)11-18(5-2)16(19)15-10-13-8-6-7-9-14(13)17-15;/h12-15,17H,4-11H2,1-3H3;1H. The number of nitrogens with one attached hydrogen (secondary N) is 1. The Balaban J connectivity index is 0.00000200. The van der Waals surface area contributed by atoms with Crippen LogP contribution in [-0.2, 0) is 4.79 Å². The Kier molecular flexibility index (Phi) is 7.32. The molecule has 118 valence electrons. The van der Waals surface area contributed by atoms with Crippen molar-refractivity contribution in [1.82, 2.24) is 10.2 Å². The van der Waals surface area contributed by atoms with E-state index in [1.165, 1.54) is 25.7 Å². The van der Waals surface area contributed by atoms with E-state index in [9.17, 15) is 4.79 Å². The fourth-order valence-electron chi connectivity index (χ4n) is 3.61. The minimum Gasteiger partial charge on any atom is -0.341 e. The van der Waals surface area contributed by atoms with Gasteiger partial charge in [0.05, 0.1) is 6.04 Å². The molecular weight excluding hydrogens is 272 g/mol. The smallest absolute Gasteiger partial charge is 0.239 e. The molecule has 0 bridgehead atoms. The Labute approximate surface area is 130 Å². The molecule has 1 aliphatic carbocycles. The van der Waals surface area contributed by atoms with Crippen LogP contribution in [0.5, 0.6) is 0 Å². The molecule has 0 aromatic rings. The van der Waals surface area contributed by atoms with Crippen LogP contribution in [0.15, 0.2) is 0 Å². The third-order valence-corrected chi connectivity index (χ3v) is 5.08. The molecule has 2 fully saturated rings. The van der Waals surface area contributed by atoms with Crippen LogP contribution in [0.1, 0.15) is 59.3 Å².